The number of rotatable bonds is 5. The third-order valence-corrected chi connectivity index (χ3v) is 3.82. The predicted molar refractivity (Wildman–Crippen MR) is 84.1 cm³/mol. The molecule has 1 atom stereocenters. The SMILES string of the molecule is O=C(O)C(Cc1cccc(Cl)c1)Cc1cccc(Br)c1. The van der Waals surface area contributed by atoms with Gasteiger partial charge < -0.3 is 5.11 Å². The highest BCUT2D eigenvalue weighted by Gasteiger charge is 2.18. The standard InChI is InChI=1S/C16H14BrClO2/c17-14-5-1-3-11(9-14)7-13(16(19)20)8-12-4-2-6-15(18)10-12/h1-6,9-10,13H,7-8H2,(H,19,20). The van der Waals surface area contributed by atoms with Crippen molar-refractivity contribution in [3.63, 3.8) is 0 Å². The molecule has 0 heterocycles. The Morgan fingerprint density at radius 2 is 1.70 bits per heavy atom. The van der Waals surface area contributed by atoms with E-state index < -0.39 is 11.9 Å². The number of carbonyl (C=O) groups is 1. The number of hydrogen-bond acceptors (Lipinski definition) is 1. The number of benzene rings is 2. The summed E-state index contributed by atoms with van der Waals surface area (Å²) in [6, 6.07) is 15.1. The zero-order valence-corrected chi connectivity index (χ0v) is 13.1. The van der Waals surface area contributed by atoms with E-state index in [1.807, 2.05) is 42.5 Å². The Morgan fingerprint density at radius 1 is 1.10 bits per heavy atom. The van der Waals surface area contributed by atoms with Crippen molar-refractivity contribution in [1.82, 2.24) is 0 Å². The van der Waals surface area contributed by atoms with Crippen molar-refractivity contribution in [1.29, 1.82) is 0 Å². The van der Waals surface area contributed by atoms with E-state index in [4.69, 9.17) is 11.6 Å². The molecule has 1 N–H and O–H groups in total. The van der Waals surface area contributed by atoms with Crippen LogP contribution in [0.15, 0.2) is 53.0 Å². The highest BCUT2D eigenvalue weighted by molar-refractivity contribution is 9.10. The van der Waals surface area contributed by atoms with Gasteiger partial charge in [0.1, 0.15) is 0 Å². The fourth-order valence-corrected chi connectivity index (χ4v) is 2.80. The second kappa shape index (κ2) is 6.91. The van der Waals surface area contributed by atoms with Crippen molar-refractivity contribution in [2.75, 3.05) is 0 Å². The smallest absolute Gasteiger partial charge is 0.307 e. The number of carboxylic acids is 1. The van der Waals surface area contributed by atoms with Crippen LogP contribution in [0.5, 0.6) is 0 Å². The highest BCUT2D eigenvalue weighted by Crippen LogP contribution is 2.20. The number of carboxylic acid groups (broad SMARTS) is 1. The monoisotopic (exact) mass is 352 g/mol. The normalized spacial score (nSPS) is 12.1. The minimum Gasteiger partial charge on any atom is -0.481 e. The Kier molecular flexibility index (Phi) is 5.21. The summed E-state index contributed by atoms with van der Waals surface area (Å²) in [5.41, 5.74) is 1.95. The van der Waals surface area contributed by atoms with Gasteiger partial charge >= 0.3 is 5.97 Å². The van der Waals surface area contributed by atoms with Crippen LogP contribution in [0.3, 0.4) is 0 Å². The average molecular weight is 354 g/mol. The molecule has 0 aliphatic carbocycles. The molecular formula is C16H14BrClO2. The Morgan fingerprint density at radius 3 is 2.25 bits per heavy atom. The lowest BCUT2D eigenvalue weighted by Gasteiger charge is -2.13. The molecule has 0 radical (unpaired) electrons. The third-order valence-electron chi connectivity index (χ3n) is 3.09. The van der Waals surface area contributed by atoms with E-state index in [0.717, 1.165) is 15.6 Å². The minimum absolute atomic E-state index is 0.456. The van der Waals surface area contributed by atoms with E-state index in [1.54, 1.807) is 6.07 Å². The summed E-state index contributed by atoms with van der Waals surface area (Å²) in [5.74, 6) is -1.24. The summed E-state index contributed by atoms with van der Waals surface area (Å²) in [5, 5.41) is 10.0. The zero-order chi connectivity index (χ0) is 14.5. The molecule has 0 aliphatic heterocycles. The summed E-state index contributed by atoms with van der Waals surface area (Å²) < 4.78 is 0.960. The molecule has 2 aromatic carbocycles. The van der Waals surface area contributed by atoms with Crippen LogP contribution in [-0.2, 0) is 17.6 Å². The maximum Gasteiger partial charge on any atom is 0.307 e. The predicted octanol–water partition coefficient (Wildman–Crippen LogP) is 4.59. The molecule has 0 saturated heterocycles. The first kappa shape index (κ1) is 15.1. The lowest BCUT2D eigenvalue weighted by atomic mass is 9.93. The average Bonchev–Trinajstić information content (AvgIpc) is 2.38. The van der Waals surface area contributed by atoms with Crippen LogP contribution in [-0.4, -0.2) is 11.1 Å². The zero-order valence-electron chi connectivity index (χ0n) is 10.7. The van der Waals surface area contributed by atoms with Gasteiger partial charge in [0.2, 0.25) is 0 Å². The summed E-state index contributed by atoms with van der Waals surface area (Å²) >= 11 is 9.34. The topological polar surface area (TPSA) is 37.3 Å². The molecule has 2 aromatic rings. The number of halogens is 2. The Balaban J connectivity index is 2.13. The van der Waals surface area contributed by atoms with Gasteiger partial charge in [0.15, 0.2) is 0 Å². The maximum atomic E-state index is 11.4. The molecule has 0 bridgehead atoms. The lowest BCUT2D eigenvalue weighted by molar-refractivity contribution is -0.141. The van der Waals surface area contributed by atoms with E-state index in [9.17, 15) is 9.90 Å². The van der Waals surface area contributed by atoms with Crippen LogP contribution in [0.25, 0.3) is 0 Å². The molecule has 20 heavy (non-hydrogen) atoms. The van der Waals surface area contributed by atoms with Gasteiger partial charge in [-0.05, 0) is 48.2 Å². The van der Waals surface area contributed by atoms with Crippen LogP contribution < -0.4 is 0 Å². The molecule has 0 amide bonds. The molecular weight excluding hydrogens is 340 g/mol. The first-order valence-electron chi connectivity index (χ1n) is 6.26. The molecule has 0 saturated carbocycles. The molecule has 0 aliphatic rings. The first-order valence-corrected chi connectivity index (χ1v) is 7.43. The van der Waals surface area contributed by atoms with E-state index in [0.29, 0.717) is 17.9 Å². The number of aliphatic carboxylic acids is 1. The second-order valence-corrected chi connectivity index (χ2v) is 6.06. The molecule has 4 heteroatoms. The largest absolute Gasteiger partial charge is 0.481 e. The summed E-state index contributed by atoms with van der Waals surface area (Å²) in [4.78, 5) is 11.4. The van der Waals surface area contributed by atoms with Gasteiger partial charge in [-0.2, -0.15) is 0 Å². The van der Waals surface area contributed by atoms with Gasteiger partial charge in [-0.15, -0.1) is 0 Å². The van der Waals surface area contributed by atoms with Crippen molar-refractivity contribution in [3.05, 3.63) is 69.2 Å². The van der Waals surface area contributed by atoms with Crippen molar-refractivity contribution in [2.45, 2.75) is 12.8 Å². The molecule has 1 unspecified atom stereocenters. The highest BCUT2D eigenvalue weighted by atomic mass is 79.9. The van der Waals surface area contributed by atoms with Crippen molar-refractivity contribution >= 4 is 33.5 Å². The third kappa shape index (κ3) is 4.36. The van der Waals surface area contributed by atoms with Gasteiger partial charge in [0, 0.05) is 9.50 Å². The molecule has 2 nitrogen and oxygen atoms in total. The lowest BCUT2D eigenvalue weighted by Crippen LogP contribution is -2.19. The van der Waals surface area contributed by atoms with Crippen molar-refractivity contribution in [3.8, 4) is 0 Å². The Bertz CT molecular complexity index is 565. The molecule has 104 valence electrons. The fraction of sp³-hybridized carbons (Fsp3) is 0.188. The van der Waals surface area contributed by atoms with Crippen LogP contribution in [0.1, 0.15) is 11.1 Å². The first-order chi connectivity index (χ1) is 9.54. The number of hydrogen-bond donors (Lipinski definition) is 1. The van der Waals surface area contributed by atoms with Gasteiger partial charge in [0.05, 0.1) is 5.92 Å². The molecule has 0 aromatic heterocycles. The summed E-state index contributed by atoms with van der Waals surface area (Å²) in [7, 11) is 0. The second-order valence-electron chi connectivity index (χ2n) is 4.70. The fourth-order valence-electron chi connectivity index (χ4n) is 2.14. The Hall–Kier alpha value is -1.32. The van der Waals surface area contributed by atoms with Crippen LogP contribution in [0.4, 0.5) is 0 Å². The quantitative estimate of drug-likeness (QED) is 0.853. The van der Waals surface area contributed by atoms with Crippen LogP contribution in [0.2, 0.25) is 5.02 Å². The van der Waals surface area contributed by atoms with Gasteiger partial charge in [-0.1, -0.05) is 51.8 Å². The van der Waals surface area contributed by atoms with E-state index in [2.05, 4.69) is 15.9 Å². The van der Waals surface area contributed by atoms with Crippen LogP contribution in [0, 0.1) is 5.92 Å². The summed E-state index contributed by atoms with van der Waals surface area (Å²) in [6.45, 7) is 0. The van der Waals surface area contributed by atoms with Crippen LogP contribution >= 0.6 is 27.5 Å². The molecule has 0 fully saturated rings. The minimum atomic E-state index is -0.787. The van der Waals surface area contributed by atoms with E-state index in [1.165, 1.54) is 0 Å². The van der Waals surface area contributed by atoms with Gasteiger partial charge in [0.25, 0.3) is 0 Å². The van der Waals surface area contributed by atoms with Gasteiger partial charge in [-0.25, -0.2) is 0 Å². The van der Waals surface area contributed by atoms with E-state index in [-0.39, 0.29) is 0 Å². The van der Waals surface area contributed by atoms with Crippen molar-refractivity contribution in [2.24, 2.45) is 5.92 Å². The summed E-state index contributed by atoms with van der Waals surface area (Å²) in [6.07, 6.45) is 0.976. The molecule has 2 rings (SSSR count). The maximum absolute atomic E-state index is 11.4. The molecule has 0 spiro atoms. The van der Waals surface area contributed by atoms with E-state index >= 15 is 0 Å². The van der Waals surface area contributed by atoms with Gasteiger partial charge in [-0.3, -0.25) is 4.79 Å². The Labute approximate surface area is 131 Å². The van der Waals surface area contributed by atoms with Crippen molar-refractivity contribution < 1.29 is 9.90 Å².